The predicted molar refractivity (Wildman–Crippen MR) is 263 cm³/mol. The van der Waals surface area contributed by atoms with Crippen molar-refractivity contribution in [2.24, 2.45) is 0 Å². The van der Waals surface area contributed by atoms with Gasteiger partial charge in [0, 0.05) is 69.8 Å². The second-order valence-corrected chi connectivity index (χ2v) is 17.1. The van der Waals surface area contributed by atoms with Crippen LogP contribution in [0.4, 0.5) is 0 Å². The minimum absolute atomic E-state index is 0.623. The molecule has 4 heterocycles. The standard InChI is InChI=1S/C57H35N5S/c1-4-16-36(17-5-1)42-26-15-29-52-54(42)45-31-30-39(33-53(45)63-52)57-59-55(37-18-6-2-7-19-37)58-56(60-57)38-20-14-23-41(32-38)62-49-28-13-11-25-44(49)47-34-50-46(35-51(47)62)43-24-10-12-27-48(43)61(50)40-21-8-3-9-22-40/h1-35H. The second-order valence-electron chi connectivity index (χ2n) is 16.0. The summed E-state index contributed by atoms with van der Waals surface area (Å²) in [5.41, 5.74) is 12.1. The Balaban J connectivity index is 0.988. The SMILES string of the molecule is c1ccc(-c2nc(-c3cccc(-n4c5ccccc5c5cc6c(cc54)c4ccccc4n6-c4ccccc4)c3)nc(-c3ccc4c(c3)sc3cccc(-c5ccccc5)c34)n2)cc1. The number of para-hydroxylation sites is 3. The highest BCUT2D eigenvalue weighted by atomic mass is 32.1. The number of nitrogens with zero attached hydrogens (tertiary/aromatic N) is 5. The number of rotatable bonds is 6. The van der Waals surface area contributed by atoms with Crippen LogP contribution in [0.1, 0.15) is 0 Å². The lowest BCUT2D eigenvalue weighted by atomic mass is 9.99. The molecule has 0 aliphatic heterocycles. The molecule has 0 aliphatic carbocycles. The van der Waals surface area contributed by atoms with Crippen LogP contribution < -0.4 is 0 Å². The lowest BCUT2D eigenvalue weighted by molar-refractivity contribution is 1.07. The van der Waals surface area contributed by atoms with E-state index in [-0.39, 0.29) is 0 Å². The lowest BCUT2D eigenvalue weighted by Gasteiger charge is -2.12. The molecule has 0 amide bonds. The van der Waals surface area contributed by atoms with Crippen molar-refractivity contribution in [2.75, 3.05) is 0 Å². The van der Waals surface area contributed by atoms with E-state index in [1.165, 1.54) is 63.9 Å². The van der Waals surface area contributed by atoms with Crippen LogP contribution in [0.5, 0.6) is 0 Å². The number of thiophene rings is 1. The molecular weight excluding hydrogens is 787 g/mol. The largest absolute Gasteiger partial charge is 0.309 e. The van der Waals surface area contributed by atoms with Crippen molar-refractivity contribution in [1.82, 2.24) is 24.1 Å². The van der Waals surface area contributed by atoms with Crippen molar-refractivity contribution in [3.05, 3.63) is 212 Å². The first-order valence-corrected chi connectivity index (χ1v) is 22.0. The van der Waals surface area contributed by atoms with Gasteiger partial charge in [-0.05, 0) is 71.8 Å². The van der Waals surface area contributed by atoms with Crippen LogP contribution in [0.25, 0.3) is 120 Å². The summed E-state index contributed by atoms with van der Waals surface area (Å²) in [4.78, 5) is 15.5. The van der Waals surface area contributed by atoms with Gasteiger partial charge in [0.2, 0.25) is 0 Å². The maximum atomic E-state index is 5.25. The Hall–Kier alpha value is -8.19. The smallest absolute Gasteiger partial charge is 0.164 e. The van der Waals surface area contributed by atoms with Crippen LogP contribution in [0.3, 0.4) is 0 Å². The van der Waals surface area contributed by atoms with E-state index in [9.17, 15) is 0 Å². The van der Waals surface area contributed by atoms with Gasteiger partial charge < -0.3 is 9.13 Å². The number of fused-ring (bicyclic) bond motifs is 9. The van der Waals surface area contributed by atoms with Crippen LogP contribution in [0.2, 0.25) is 0 Å². The van der Waals surface area contributed by atoms with Gasteiger partial charge >= 0.3 is 0 Å². The van der Waals surface area contributed by atoms with Crippen molar-refractivity contribution in [1.29, 1.82) is 0 Å². The van der Waals surface area contributed by atoms with E-state index in [0.717, 1.165) is 39.1 Å². The van der Waals surface area contributed by atoms with Crippen molar-refractivity contribution >= 4 is 75.1 Å². The molecule has 13 aromatic rings. The number of benzene rings is 9. The normalized spacial score (nSPS) is 11.8. The Kier molecular flexibility index (Phi) is 8.01. The summed E-state index contributed by atoms with van der Waals surface area (Å²) in [6.07, 6.45) is 0. The zero-order valence-electron chi connectivity index (χ0n) is 33.9. The molecule has 4 aromatic heterocycles. The Bertz CT molecular complexity index is 3900. The fourth-order valence-electron chi connectivity index (χ4n) is 9.52. The van der Waals surface area contributed by atoms with Crippen LogP contribution in [0, 0.1) is 0 Å². The van der Waals surface area contributed by atoms with Crippen LogP contribution in [-0.2, 0) is 0 Å². The Morgan fingerprint density at radius 1 is 0.302 bits per heavy atom. The predicted octanol–water partition coefficient (Wildman–Crippen LogP) is 15.1. The molecule has 6 heteroatoms. The zero-order chi connectivity index (χ0) is 41.4. The molecule has 63 heavy (non-hydrogen) atoms. The van der Waals surface area contributed by atoms with Crippen molar-refractivity contribution in [2.45, 2.75) is 0 Å². The van der Waals surface area contributed by atoms with E-state index in [4.69, 9.17) is 15.0 Å². The minimum Gasteiger partial charge on any atom is -0.309 e. The third-order valence-corrected chi connectivity index (χ3v) is 13.5. The molecule has 0 N–H and O–H groups in total. The first-order chi connectivity index (χ1) is 31.2. The summed E-state index contributed by atoms with van der Waals surface area (Å²) in [6, 6.07) is 75.6. The fourth-order valence-corrected chi connectivity index (χ4v) is 10.7. The average molecular weight is 822 g/mol. The molecule has 13 rings (SSSR count). The molecule has 5 nitrogen and oxygen atoms in total. The quantitative estimate of drug-likeness (QED) is 0.168. The van der Waals surface area contributed by atoms with E-state index in [2.05, 4.69) is 203 Å². The molecule has 0 atom stereocenters. The Morgan fingerprint density at radius 3 is 1.48 bits per heavy atom. The maximum Gasteiger partial charge on any atom is 0.164 e. The van der Waals surface area contributed by atoms with Crippen LogP contribution in [-0.4, -0.2) is 24.1 Å². The molecule has 0 fully saturated rings. The lowest BCUT2D eigenvalue weighted by Crippen LogP contribution is -2.01. The topological polar surface area (TPSA) is 48.5 Å². The molecule has 0 aliphatic rings. The summed E-state index contributed by atoms with van der Waals surface area (Å²) < 4.78 is 7.24. The molecule has 0 saturated carbocycles. The molecule has 0 unspecified atom stereocenters. The number of hydrogen-bond acceptors (Lipinski definition) is 4. The van der Waals surface area contributed by atoms with Gasteiger partial charge in [0.1, 0.15) is 0 Å². The highest BCUT2D eigenvalue weighted by Crippen LogP contribution is 2.43. The molecule has 9 aromatic carbocycles. The summed E-state index contributed by atoms with van der Waals surface area (Å²) in [5, 5.41) is 7.34. The van der Waals surface area contributed by atoms with Gasteiger partial charge in [-0.15, -0.1) is 11.3 Å². The minimum atomic E-state index is 0.623. The average Bonchev–Trinajstić information content (AvgIpc) is 4.01. The number of aromatic nitrogens is 5. The third kappa shape index (κ3) is 5.73. The van der Waals surface area contributed by atoms with Crippen LogP contribution >= 0.6 is 11.3 Å². The van der Waals surface area contributed by atoms with Crippen LogP contribution in [0.15, 0.2) is 212 Å². The molecule has 0 saturated heterocycles. The van der Waals surface area contributed by atoms with Crippen molar-refractivity contribution < 1.29 is 0 Å². The summed E-state index contributed by atoms with van der Waals surface area (Å²) in [6.45, 7) is 0. The molecule has 0 spiro atoms. The van der Waals surface area contributed by atoms with Crippen molar-refractivity contribution in [3.8, 4) is 56.7 Å². The number of hydrogen-bond donors (Lipinski definition) is 0. The van der Waals surface area contributed by atoms with E-state index < -0.39 is 0 Å². The summed E-state index contributed by atoms with van der Waals surface area (Å²) >= 11 is 1.81. The first-order valence-electron chi connectivity index (χ1n) is 21.2. The van der Waals surface area contributed by atoms with E-state index >= 15 is 0 Å². The van der Waals surface area contributed by atoms with Crippen molar-refractivity contribution in [3.63, 3.8) is 0 Å². The highest BCUT2D eigenvalue weighted by Gasteiger charge is 2.20. The third-order valence-electron chi connectivity index (χ3n) is 12.4. The Labute approximate surface area is 366 Å². The van der Waals surface area contributed by atoms with Gasteiger partial charge in [0.25, 0.3) is 0 Å². The van der Waals surface area contributed by atoms with Gasteiger partial charge in [0.15, 0.2) is 17.5 Å². The molecular formula is C57H35N5S. The molecule has 0 bridgehead atoms. The van der Waals surface area contributed by atoms with E-state index in [1.807, 2.05) is 29.5 Å². The fraction of sp³-hybridized carbons (Fsp3) is 0. The highest BCUT2D eigenvalue weighted by molar-refractivity contribution is 7.26. The van der Waals surface area contributed by atoms with E-state index in [1.54, 1.807) is 0 Å². The van der Waals surface area contributed by atoms with E-state index in [0.29, 0.717) is 17.5 Å². The zero-order valence-corrected chi connectivity index (χ0v) is 34.7. The monoisotopic (exact) mass is 821 g/mol. The van der Waals surface area contributed by atoms with Gasteiger partial charge in [0.05, 0.1) is 22.1 Å². The van der Waals surface area contributed by atoms with Gasteiger partial charge in [-0.25, -0.2) is 15.0 Å². The first kappa shape index (κ1) is 35.6. The molecule has 0 radical (unpaired) electrons. The van der Waals surface area contributed by atoms with Gasteiger partial charge in [-0.2, -0.15) is 0 Å². The maximum absolute atomic E-state index is 5.25. The van der Waals surface area contributed by atoms with Gasteiger partial charge in [-0.3, -0.25) is 0 Å². The molecule has 294 valence electrons. The van der Waals surface area contributed by atoms with Gasteiger partial charge in [-0.1, -0.05) is 152 Å². The Morgan fingerprint density at radius 2 is 0.810 bits per heavy atom. The summed E-state index contributed by atoms with van der Waals surface area (Å²) in [5.74, 6) is 1.90. The second kappa shape index (κ2) is 14.2. The summed E-state index contributed by atoms with van der Waals surface area (Å²) in [7, 11) is 0.